The zero-order valence-corrected chi connectivity index (χ0v) is 8.95. The standard InChI is InChI=1S/C10H23NO2/c1-4-10(13)6-11-9(7-12)5-8(2)3/h8-13H,4-7H2,1-3H3. The number of hydrogen-bond donors (Lipinski definition) is 3. The average Bonchev–Trinajstić information content (AvgIpc) is 2.10. The second-order valence-electron chi connectivity index (χ2n) is 3.98. The second-order valence-corrected chi connectivity index (χ2v) is 3.98. The highest BCUT2D eigenvalue weighted by atomic mass is 16.3. The van der Waals surface area contributed by atoms with Crippen molar-refractivity contribution >= 4 is 0 Å². The van der Waals surface area contributed by atoms with Crippen LogP contribution in [0.2, 0.25) is 0 Å². The largest absolute Gasteiger partial charge is 0.395 e. The lowest BCUT2D eigenvalue weighted by Gasteiger charge is -2.19. The van der Waals surface area contributed by atoms with Gasteiger partial charge < -0.3 is 15.5 Å². The fraction of sp³-hybridized carbons (Fsp3) is 1.00. The van der Waals surface area contributed by atoms with Gasteiger partial charge >= 0.3 is 0 Å². The Morgan fingerprint density at radius 3 is 2.31 bits per heavy atom. The zero-order valence-electron chi connectivity index (χ0n) is 8.95. The van der Waals surface area contributed by atoms with Gasteiger partial charge in [-0.25, -0.2) is 0 Å². The van der Waals surface area contributed by atoms with Crippen molar-refractivity contribution < 1.29 is 10.2 Å². The molecular weight excluding hydrogens is 166 g/mol. The quantitative estimate of drug-likeness (QED) is 0.554. The Labute approximate surface area is 81.2 Å². The molecule has 0 aliphatic rings. The van der Waals surface area contributed by atoms with Crippen molar-refractivity contribution in [1.29, 1.82) is 0 Å². The molecule has 0 aliphatic carbocycles. The van der Waals surface area contributed by atoms with E-state index in [9.17, 15) is 5.11 Å². The molecule has 0 aromatic heterocycles. The van der Waals surface area contributed by atoms with Crippen LogP contribution in [-0.2, 0) is 0 Å². The third-order valence-electron chi connectivity index (χ3n) is 2.09. The normalized spacial score (nSPS) is 16.2. The molecule has 80 valence electrons. The molecule has 0 rings (SSSR count). The Morgan fingerprint density at radius 1 is 1.31 bits per heavy atom. The van der Waals surface area contributed by atoms with E-state index < -0.39 is 0 Å². The van der Waals surface area contributed by atoms with E-state index in [4.69, 9.17) is 5.11 Å². The van der Waals surface area contributed by atoms with Crippen molar-refractivity contribution in [3.8, 4) is 0 Å². The van der Waals surface area contributed by atoms with Gasteiger partial charge in [0.05, 0.1) is 12.7 Å². The maximum absolute atomic E-state index is 9.29. The van der Waals surface area contributed by atoms with Crippen molar-refractivity contribution in [1.82, 2.24) is 5.32 Å². The smallest absolute Gasteiger partial charge is 0.0662 e. The SMILES string of the molecule is CCC(O)CNC(CO)CC(C)C. The van der Waals surface area contributed by atoms with Gasteiger partial charge in [0.2, 0.25) is 0 Å². The lowest BCUT2D eigenvalue weighted by atomic mass is 10.0. The van der Waals surface area contributed by atoms with Gasteiger partial charge in [0.1, 0.15) is 0 Å². The summed E-state index contributed by atoms with van der Waals surface area (Å²) in [5.41, 5.74) is 0. The molecule has 2 unspecified atom stereocenters. The Bertz CT molecular complexity index is 117. The average molecular weight is 189 g/mol. The summed E-state index contributed by atoms with van der Waals surface area (Å²) in [5.74, 6) is 0.573. The molecule has 0 bridgehead atoms. The minimum absolute atomic E-state index is 0.126. The van der Waals surface area contributed by atoms with Crippen LogP contribution in [0.5, 0.6) is 0 Å². The summed E-state index contributed by atoms with van der Waals surface area (Å²) in [5, 5.41) is 21.5. The zero-order chi connectivity index (χ0) is 10.3. The number of aliphatic hydroxyl groups excluding tert-OH is 2. The van der Waals surface area contributed by atoms with E-state index in [0.29, 0.717) is 12.5 Å². The number of rotatable bonds is 7. The molecule has 3 heteroatoms. The third-order valence-corrected chi connectivity index (χ3v) is 2.09. The van der Waals surface area contributed by atoms with Crippen LogP contribution in [0.25, 0.3) is 0 Å². The van der Waals surface area contributed by atoms with Gasteiger partial charge in [-0.1, -0.05) is 20.8 Å². The van der Waals surface area contributed by atoms with Crippen molar-refractivity contribution in [3.05, 3.63) is 0 Å². The van der Waals surface area contributed by atoms with E-state index in [-0.39, 0.29) is 18.8 Å². The van der Waals surface area contributed by atoms with E-state index in [1.165, 1.54) is 0 Å². The highest BCUT2D eigenvalue weighted by Crippen LogP contribution is 2.04. The van der Waals surface area contributed by atoms with Crippen molar-refractivity contribution in [2.45, 2.75) is 45.8 Å². The predicted octanol–water partition coefficient (Wildman–Crippen LogP) is 0.754. The number of hydrogen-bond acceptors (Lipinski definition) is 3. The minimum atomic E-state index is -0.291. The third kappa shape index (κ3) is 6.99. The summed E-state index contributed by atoms with van der Waals surface area (Å²) < 4.78 is 0. The van der Waals surface area contributed by atoms with Crippen molar-refractivity contribution in [3.63, 3.8) is 0 Å². The molecule has 0 heterocycles. The number of nitrogens with one attached hydrogen (secondary N) is 1. The summed E-state index contributed by atoms with van der Waals surface area (Å²) in [4.78, 5) is 0. The molecule has 2 atom stereocenters. The van der Waals surface area contributed by atoms with Gasteiger partial charge in [-0.3, -0.25) is 0 Å². The topological polar surface area (TPSA) is 52.5 Å². The highest BCUT2D eigenvalue weighted by Gasteiger charge is 2.10. The molecule has 3 N–H and O–H groups in total. The van der Waals surface area contributed by atoms with Crippen molar-refractivity contribution in [2.24, 2.45) is 5.92 Å². The maximum Gasteiger partial charge on any atom is 0.0662 e. The van der Waals surface area contributed by atoms with Gasteiger partial charge in [-0.15, -0.1) is 0 Å². The van der Waals surface area contributed by atoms with Crippen LogP contribution in [0, 0.1) is 5.92 Å². The van der Waals surface area contributed by atoms with E-state index >= 15 is 0 Å². The van der Waals surface area contributed by atoms with E-state index in [0.717, 1.165) is 12.8 Å². The first-order valence-electron chi connectivity index (χ1n) is 5.12. The van der Waals surface area contributed by atoms with E-state index in [2.05, 4.69) is 19.2 Å². The lowest BCUT2D eigenvalue weighted by molar-refractivity contribution is 0.148. The van der Waals surface area contributed by atoms with E-state index in [1.807, 2.05) is 6.92 Å². The minimum Gasteiger partial charge on any atom is -0.395 e. The monoisotopic (exact) mass is 189 g/mol. The van der Waals surface area contributed by atoms with Gasteiger partial charge in [0, 0.05) is 12.6 Å². The fourth-order valence-corrected chi connectivity index (χ4v) is 1.24. The van der Waals surface area contributed by atoms with Crippen LogP contribution in [0.1, 0.15) is 33.6 Å². The summed E-state index contributed by atoms with van der Waals surface area (Å²) in [6.45, 7) is 6.92. The Morgan fingerprint density at radius 2 is 1.92 bits per heavy atom. The number of aliphatic hydroxyl groups is 2. The van der Waals surface area contributed by atoms with Gasteiger partial charge in [-0.2, -0.15) is 0 Å². The summed E-state index contributed by atoms with van der Waals surface area (Å²) in [6, 6.07) is 0.126. The molecule has 3 nitrogen and oxygen atoms in total. The molecule has 0 aromatic carbocycles. The van der Waals surface area contributed by atoms with Crippen LogP contribution >= 0.6 is 0 Å². The van der Waals surface area contributed by atoms with E-state index in [1.54, 1.807) is 0 Å². The van der Waals surface area contributed by atoms with Crippen LogP contribution in [0.3, 0.4) is 0 Å². The first kappa shape index (κ1) is 12.9. The van der Waals surface area contributed by atoms with Crippen LogP contribution in [0.15, 0.2) is 0 Å². The van der Waals surface area contributed by atoms with Crippen LogP contribution in [-0.4, -0.2) is 35.5 Å². The molecule has 13 heavy (non-hydrogen) atoms. The fourth-order valence-electron chi connectivity index (χ4n) is 1.24. The lowest BCUT2D eigenvalue weighted by Crippen LogP contribution is -2.38. The first-order chi connectivity index (χ1) is 6.10. The summed E-state index contributed by atoms with van der Waals surface area (Å²) in [7, 11) is 0. The molecule has 0 amide bonds. The molecule has 0 saturated carbocycles. The van der Waals surface area contributed by atoms with Crippen molar-refractivity contribution in [2.75, 3.05) is 13.2 Å². The molecule has 0 aromatic rings. The van der Waals surface area contributed by atoms with Gasteiger partial charge in [0.25, 0.3) is 0 Å². The maximum atomic E-state index is 9.29. The van der Waals surface area contributed by atoms with Crippen LogP contribution < -0.4 is 5.32 Å². The molecular formula is C10H23NO2. The Hall–Kier alpha value is -0.120. The molecule has 0 saturated heterocycles. The molecule has 0 radical (unpaired) electrons. The summed E-state index contributed by atoms with van der Waals surface area (Å²) in [6.07, 6.45) is 1.42. The highest BCUT2D eigenvalue weighted by molar-refractivity contribution is 4.69. The first-order valence-corrected chi connectivity index (χ1v) is 5.12. The Kier molecular flexibility index (Phi) is 7.23. The second kappa shape index (κ2) is 7.30. The van der Waals surface area contributed by atoms with Gasteiger partial charge in [0.15, 0.2) is 0 Å². The summed E-state index contributed by atoms with van der Waals surface area (Å²) >= 11 is 0. The van der Waals surface area contributed by atoms with Gasteiger partial charge in [-0.05, 0) is 18.8 Å². The Balaban J connectivity index is 3.59. The molecule has 0 aliphatic heterocycles. The van der Waals surface area contributed by atoms with Crippen LogP contribution in [0.4, 0.5) is 0 Å². The molecule has 0 spiro atoms. The molecule has 0 fully saturated rings. The predicted molar refractivity (Wildman–Crippen MR) is 54.6 cm³/mol.